The summed E-state index contributed by atoms with van der Waals surface area (Å²) in [6.07, 6.45) is 6.47. The SMILES string of the molecule is CCCCOC(=O)N1CCC[C@H](Nc2nccc(-c3cccnc3Oc3cc(NS(=O)(=O)c4ccccc4Cl)ccc3C)n2)C1. The summed E-state index contributed by atoms with van der Waals surface area (Å²) in [4.78, 5) is 27.7. The van der Waals surface area contributed by atoms with Crippen molar-refractivity contribution in [1.29, 1.82) is 0 Å². The number of ether oxygens (including phenoxy) is 2. The lowest BCUT2D eigenvalue weighted by Crippen LogP contribution is -2.45. The Hall–Kier alpha value is -4.42. The summed E-state index contributed by atoms with van der Waals surface area (Å²) in [5, 5.41) is 3.48. The molecule has 1 amide bonds. The van der Waals surface area contributed by atoms with Crippen LogP contribution in [0.1, 0.15) is 38.2 Å². The van der Waals surface area contributed by atoms with E-state index in [1.165, 1.54) is 12.1 Å². The molecule has 1 atom stereocenters. The van der Waals surface area contributed by atoms with Gasteiger partial charge in [-0.2, -0.15) is 0 Å². The number of piperidine rings is 1. The van der Waals surface area contributed by atoms with Crippen LogP contribution in [-0.2, 0) is 14.8 Å². The van der Waals surface area contributed by atoms with Crippen molar-refractivity contribution in [2.45, 2.75) is 50.5 Å². The number of carbonyl (C=O) groups excluding carboxylic acids is 1. The molecule has 2 N–H and O–H groups in total. The topological polar surface area (TPSA) is 136 Å². The average molecular weight is 651 g/mol. The number of benzene rings is 2. The molecule has 0 saturated carbocycles. The van der Waals surface area contributed by atoms with Crippen molar-refractivity contribution in [2.75, 3.05) is 29.7 Å². The molecule has 0 unspecified atom stereocenters. The van der Waals surface area contributed by atoms with Crippen LogP contribution >= 0.6 is 11.6 Å². The summed E-state index contributed by atoms with van der Waals surface area (Å²) in [5.74, 6) is 1.12. The van der Waals surface area contributed by atoms with Crippen LogP contribution in [0.5, 0.6) is 11.6 Å². The Morgan fingerprint density at radius 3 is 2.76 bits per heavy atom. The molecular formula is C32H35ClN6O5S. The first-order chi connectivity index (χ1) is 21.7. The van der Waals surface area contributed by atoms with E-state index in [4.69, 9.17) is 26.1 Å². The van der Waals surface area contributed by atoms with Crippen molar-refractivity contribution in [1.82, 2.24) is 19.9 Å². The maximum Gasteiger partial charge on any atom is 0.409 e. The maximum atomic E-state index is 13.0. The molecule has 11 nitrogen and oxygen atoms in total. The van der Waals surface area contributed by atoms with Crippen molar-refractivity contribution in [3.63, 3.8) is 0 Å². The van der Waals surface area contributed by atoms with Crippen LogP contribution in [0, 0.1) is 6.92 Å². The highest BCUT2D eigenvalue weighted by atomic mass is 35.5. The van der Waals surface area contributed by atoms with Gasteiger partial charge in [0.25, 0.3) is 10.0 Å². The van der Waals surface area contributed by atoms with Crippen molar-refractivity contribution < 1.29 is 22.7 Å². The minimum Gasteiger partial charge on any atom is -0.449 e. The molecule has 1 fully saturated rings. The molecule has 236 valence electrons. The van der Waals surface area contributed by atoms with Crippen LogP contribution in [-0.4, -0.2) is 60.1 Å². The summed E-state index contributed by atoms with van der Waals surface area (Å²) in [5.41, 5.74) is 2.27. The van der Waals surface area contributed by atoms with Gasteiger partial charge in [-0.15, -0.1) is 0 Å². The minimum atomic E-state index is -3.93. The van der Waals surface area contributed by atoms with Crippen LogP contribution in [0.3, 0.4) is 0 Å². The fraction of sp³-hybridized carbons (Fsp3) is 0.312. The van der Waals surface area contributed by atoms with Crippen molar-refractivity contribution in [2.24, 2.45) is 0 Å². The highest BCUT2D eigenvalue weighted by molar-refractivity contribution is 7.92. The molecule has 0 radical (unpaired) electrons. The minimum absolute atomic E-state index is 0.0252. The largest absolute Gasteiger partial charge is 0.449 e. The van der Waals surface area contributed by atoms with E-state index in [1.54, 1.807) is 59.8 Å². The molecule has 1 saturated heterocycles. The third-order valence-corrected chi connectivity index (χ3v) is 9.09. The van der Waals surface area contributed by atoms with Gasteiger partial charge in [-0.05, 0) is 68.1 Å². The number of nitrogens with one attached hydrogen (secondary N) is 2. The lowest BCUT2D eigenvalue weighted by atomic mass is 10.1. The molecule has 0 spiro atoms. The number of likely N-dealkylation sites (tertiary alicyclic amines) is 1. The van der Waals surface area contributed by atoms with Gasteiger partial charge in [0.1, 0.15) is 10.6 Å². The number of amides is 1. The molecule has 5 rings (SSSR count). The van der Waals surface area contributed by atoms with Crippen molar-refractivity contribution >= 4 is 39.4 Å². The number of pyridine rings is 1. The molecule has 1 aliphatic heterocycles. The first kappa shape index (κ1) is 32.0. The summed E-state index contributed by atoms with van der Waals surface area (Å²) in [6.45, 7) is 5.48. The predicted octanol–water partition coefficient (Wildman–Crippen LogP) is 6.91. The Kier molecular flexibility index (Phi) is 10.4. The van der Waals surface area contributed by atoms with Gasteiger partial charge in [0.2, 0.25) is 11.8 Å². The van der Waals surface area contributed by atoms with Gasteiger partial charge in [0.05, 0.1) is 28.6 Å². The average Bonchev–Trinajstić information content (AvgIpc) is 3.03. The normalized spacial score (nSPS) is 14.9. The number of hydrogen-bond acceptors (Lipinski definition) is 9. The van der Waals surface area contributed by atoms with Gasteiger partial charge in [-0.1, -0.05) is 43.1 Å². The third kappa shape index (κ3) is 8.20. The zero-order valence-corrected chi connectivity index (χ0v) is 26.6. The Morgan fingerprint density at radius 1 is 1.09 bits per heavy atom. The number of anilines is 2. The van der Waals surface area contributed by atoms with Gasteiger partial charge >= 0.3 is 6.09 Å². The van der Waals surface area contributed by atoms with E-state index in [0.717, 1.165) is 31.2 Å². The Bertz CT molecular complexity index is 1760. The number of sulfonamides is 1. The van der Waals surface area contributed by atoms with E-state index in [9.17, 15) is 13.2 Å². The number of aryl methyl sites for hydroxylation is 1. The maximum absolute atomic E-state index is 13.0. The molecule has 3 heterocycles. The van der Waals surface area contributed by atoms with Crippen LogP contribution in [0.4, 0.5) is 16.4 Å². The van der Waals surface area contributed by atoms with E-state index in [0.29, 0.717) is 48.3 Å². The highest BCUT2D eigenvalue weighted by Gasteiger charge is 2.25. The van der Waals surface area contributed by atoms with Crippen LogP contribution in [0.25, 0.3) is 11.3 Å². The number of halogens is 1. The van der Waals surface area contributed by atoms with E-state index in [2.05, 4.69) is 26.9 Å². The monoisotopic (exact) mass is 650 g/mol. The second-order valence-corrected chi connectivity index (χ2v) is 12.7. The fourth-order valence-electron chi connectivity index (χ4n) is 4.83. The number of carbonyl (C=O) groups is 1. The summed E-state index contributed by atoms with van der Waals surface area (Å²) < 4.78 is 40.2. The second kappa shape index (κ2) is 14.6. The van der Waals surface area contributed by atoms with Crippen LogP contribution in [0.15, 0.2) is 78.0 Å². The van der Waals surface area contributed by atoms with Gasteiger partial charge < -0.3 is 19.7 Å². The van der Waals surface area contributed by atoms with E-state index in [-0.39, 0.29) is 27.9 Å². The zero-order chi connectivity index (χ0) is 31.8. The number of aromatic nitrogens is 3. The fourth-order valence-corrected chi connectivity index (χ4v) is 6.40. The molecule has 0 bridgehead atoms. The number of unbranched alkanes of at least 4 members (excludes halogenated alkanes) is 1. The van der Waals surface area contributed by atoms with Gasteiger partial charge in [-0.3, -0.25) is 4.72 Å². The molecule has 45 heavy (non-hydrogen) atoms. The number of nitrogens with zero attached hydrogens (tertiary/aromatic N) is 4. The third-order valence-electron chi connectivity index (χ3n) is 7.21. The summed E-state index contributed by atoms with van der Waals surface area (Å²) in [7, 11) is -3.93. The molecule has 13 heteroatoms. The molecule has 0 aliphatic carbocycles. The summed E-state index contributed by atoms with van der Waals surface area (Å²) >= 11 is 6.13. The number of hydrogen-bond donors (Lipinski definition) is 2. The zero-order valence-electron chi connectivity index (χ0n) is 25.1. The molecule has 4 aromatic rings. The van der Waals surface area contributed by atoms with Crippen molar-refractivity contribution in [3.8, 4) is 22.9 Å². The van der Waals surface area contributed by atoms with Gasteiger partial charge in [0, 0.05) is 37.6 Å². The smallest absolute Gasteiger partial charge is 0.409 e. The Balaban J connectivity index is 1.31. The predicted molar refractivity (Wildman–Crippen MR) is 173 cm³/mol. The van der Waals surface area contributed by atoms with E-state index in [1.807, 2.05) is 13.0 Å². The Morgan fingerprint density at radius 2 is 1.93 bits per heavy atom. The molecular weight excluding hydrogens is 616 g/mol. The first-order valence-corrected chi connectivity index (χ1v) is 16.6. The molecule has 2 aromatic heterocycles. The highest BCUT2D eigenvalue weighted by Crippen LogP contribution is 2.34. The van der Waals surface area contributed by atoms with E-state index < -0.39 is 10.0 Å². The second-order valence-electron chi connectivity index (χ2n) is 10.6. The molecule has 2 aromatic carbocycles. The Labute approximate surface area is 268 Å². The first-order valence-electron chi connectivity index (χ1n) is 14.8. The van der Waals surface area contributed by atoms with E-state index >= 15 is 0 Å². The molecule has 1 aliphatic rings. The lowest BCUT2D eigenvalue weighted by molar-refractivity contribution is 0.0920. The quantitative estimate of drug-likeness (QED) is 0.166. The lowest BCUT2D eigenvalue weighted by Gasteiger charge is -2.32. The van der Waals surface area contributed by atoms with Crippen LogP contribution in [0.2, 0.25) is 5.02 Å². The summed E-state index contributed by atoms with van der Waals surface area (Å²) in [6, 6.07) is 16.6. The van der Waals surface area contributed by atoms with Crippen molar-refractivity contribution in [3.05, 3.63) is 83.6 Å². The number of rotatable bonds is 11. The standard InChI is InChI=1S/C32H35ClN6O5S/c1-3-4-19-43-32(40)39-18-8-9-24(21-39)36-31-35-17-15-27(37-31)25-10-7-16-34-30(25)44-28-20-23(14-13-22(28)2)38-45(41,42)29-12-6-5-11-26(29)33/h5-7,10-17,20,24,38H,3-4,8-9,18-19,21H2,1-2H3,(H,35,36,37)/t24-/m0/s1. The van der Waals surface area contributed by atoms with Crippen LogP contribution < -0.4 is 14.8 Å². The van der Waals surface area contributed by atoms with Gasteiger partial charge in [-0.25, -0.2) is 28.2 Å². The van der Waals surface area contributed by atoms with Gasteiger partial charge in [0.15, 0.2) is 0 Å².